The van der Waals surface area contributed by atoms with Crippen molar-refractivity contribution in [2.24, 2.45) is 7.05 Å². The largest absolute Gasteiger partial charge is 0.353 e. The summed E-state index contributed by atoms with van der Waals surface area (Å²) in [5.41, 5.74) is 3.96. The number of nitrogens with zero attached hydrogens (tertiary/aromatic N) is 4. The molecule has 0 aromatic carbocycles. The van der Waals surface area contributed by atoms with Crippen LogP contribution in [0, 0.1) is 6.92 Å². The summed E-state index contributed by atoms with van der Waals surface area (Å²) >= 11 is 0. The fourth-order valence-electron chi connectivity index (χ4n) is 3.72. The molecule has 124 valence electrons. The summed E-state index contributed by atoms with van der Waals surface area (Å²) in [6.07, 6.45) is 6.27. The highest BCUT2D eigenvalue weighted by atomic mass is 16.1. The number of aromatic nitrogens is 3. The van der Waals surface area contributed by atoms with Crippen molar-refractivity contribution < 1.29 is 0 Å². The third kappa shape index (κ3) is 2.65. The highest BCUT2D eigenvalue weighted by Gasteiger charge is 2.27. The van der Waals surface area contributed by atoms with E-state index in [1.165, 1.54) is 12.1 Å². The van der Waals surface area contributed by atoms with Crippen molar-refractivity contribution in [1.82, 2.24) is 18.9 Å². The van der Waals surface area contributed by atoms with Gasteiger partial charge in [0.1, 0.15) is 5.65 Å². The Morgan fingerprint density at radius 2 is 2.17 bits per heavy atom. The van der Waals surface area contributed by atoms with Crippen LogP contribution in [0.25, 0.3) is 5.65 Å². The summed E-state index contributed by atoms with van der Waals surface area (Å²) in [7, 11) is 2.09. The maximum absolute atomic E-state index is 12.4. The maximum atomic E-state index is 12.4. The molecule has 0 radical (unpaired) electrons. The minimum atomic E-state index is -0.00619. The van der Waals surface area contributed by atoms with Crippen molar-refractivity contribution in [2.45, 2.75) is 32.4 Å². The second-order valence-electron chi connectivity index (χ2n) is 6.69. The van der Waals surface area contributed by atoms with E-state index in [9.17, 15) is 4.79 Å². The second kappa shape index (κ2) is 5.91. The van der Waals surface area contributed by atoms with Gasteiger partial charge in [0.05, 0.1) is 11.7 Å². The first kappa shape index (κ1) is 15.1. The van der Waals surface area contributed by atoms with E-state index in [1.54, 1.807) is 10.5 Å². The van der Waals surface area contributed by atoms with Gasteiger partial charge in [0.25, 0.3) is 5.56 Å². The zero-order valence-corrected chi connectivity index (χ0v) is 14.1. The summed E-state index contributed by atoms with van der Waals surface area (Å²) in [5.74, 6) is 0. The van der Waals surface area contributed by atoms with Gasteiger partial charge in [0.15, 0.2) is 0 Å². The molecule has 1 atom stereocenters. The van der Waals surface area contributed by atoms with Gasteiger partial charge in [0.2, 0.25) is 0 Å². The fraction of sp³-hybridized carbons (Fsp3) is 0.368. The van der Waals surface area contributed by atoms with E-state index in [2.05, 4.69) is 34.8 Å². The Hall–Kier alpha value is -2.40. The topological polar surface area (TPSA) is 42.5 Å². The molecule has 0 saturated carbocycles. The third-order valence-electron chi connectivity index (χ3n) is 4.91. The summed E-state index contributed by atoms with van der Waals surface area (Å²) in [4.78, 5) is 19.5. The molecule has 4 heterocycles. The number of fused-ring (bicyclic) bond motifs is 1. The van der Waals surface area contributed by atoms with E-state index in [1.807, 2.05) is 25.3 Å². The van der Waals surface area contributed by atoms with Gasteiger partial charge in [-0.25, -0.2) is 4.98 Å². The highest BCUT2D eigenvalue weighted by molar-refractivity contribution is 5.40. The number of pyridine rings is 1. The summed E-state index contributed by atoms with van der Waals surface area (Å²) in [5, 5.41) is 0. The second-order valence-corrected chi connectivity index (χ2v) is 6.69. The van der Waals surface area contributed by atoms with Crippen LogP contribution in [0.1, 0.15) is 35.8 Å². The molecule has 0 amide bonds. The lowest BCUT2D eigenvalue weighted by molar-refractivity contribution is 0.238. The zero-order chi connectivity index (χ0) is 16.7. The molecule has 1 fully saturated rings. The van der Waals surface area contributed by atoms with Gasteiger partial charge in [-0.15, -0.1) is 0 Å². The molecule has 5 nitrogen and oxygen atoms in total. The molecule has 0 unspecified atom stereocenters. The SMILES string of the molecule is Cc1ccc2nc(CN3CCC[C@H]3c3cccn3C)cc(=O)n2c1. The fourth-order valence-corrected chi connectivity index (χ4v) is 3.72. The van der Waals surface area contributed by atoms with Crippen molar-refractivity contribution >= 4 is 5.65 Å². The lowest BCUT2D eigenvalue weighted by atomic mass is 10.1. The van der Waals surface area contributed by atoms with E-state index >= 15 is 0 Å². The van der Waals surface area contributed by atoms with Crippen molar-refractivity contribution in [3.63, 3.8) is 0 Å². The van der Waals surface area contributed by atoms with Crippen LogP contribution in [-0.2, 0) is 13.6 Å². The van der Waals surface area contributed by atoms with Gasteiger partial charge >= 0.3 is 0 Å². The van der Waals surface area contributed by atoms with Crippen LogP contribution in [0.5, 0.6) is 0 Å². The minimum absolute atomic E-state index is 0.00619. The van der Waals surface area contributed by atoms with Gasteiger partial charge in [-0.3, -0.25) is 14.1 Å². The average Bonchev–Trinajstić information content (AvgIpc) is 3.16. The van der Waals surface area contributed by atoms with Crippen LogP contribution in [0.2, 0.25) is 0 Å². The number of aryl methyl sites for hydroxylation is 2. The van der Waals surface area contributed by atoms with Gasteiger partial charge in [0, 0.05) is 37.7 Å². The van der Waals surface area contributed by atoms with Crippen LogP contribution in [-0.4, -0.2) is 25.4 Å². The molecule has 0 bridgehead atoms. The molecule has 24 heavy (non-hydrogen) atoms. The number of rotatable bonds is 3. The summed E-state index contributed by atoms with van der Waals surface area (Å²) in [6.45, 7) is 3.74. The molecule has 0 N–H and O–H groups in total. The highest BCUT2D eigenvalue weighted by Crippen LogP contribution is 2.32. The average molecular weight is 322 g/mol. The number of hydrogen-bond acceptors (Lipinski definition) is 3. The molecule has 1 aliphatic heterocycles. The molecule has 3 aromatic rings. The standard InChI is InChI=1S/C19H22N4O/c1-14-7-8-18-20-15(11-19(24)23(18)12-14)13-22-10-4-6-17(22)16-5-3-9-21(16)2/h3,5,7-9,11-12,17H,4,6,10,13H2,1-2H3/t17-/m0/s1. The molecule has 3 aromatic heterocycles. The first-order valence-corrected chi connectivity index (χ1v) is 8.46. The molecule has 5 heteroatoms. The van der Waals surface area contributed by atoms with Crippen molar-refractivity contribution in [2.75, 3.05) is 6.54 Å². The predicted molar refractivity (Wildman–Crippen MR) is 94.0 cm³/mol. The Balaban J connectivity index is 1.65. The van der Waals surface area contributed by atoms with Crippen LogP contribution in [0.4, 0.5) is 0 Å². The Bertz CT molecular complexity index is 940. The molecule has 1 aliphatic rings. The van der Waals surface area contributed by atoms with Gasteiger partial charge in [-0.1, -0.05) is 6.07 Å². The van der Waals surface area contributed by atoms with Crippen molar-refractivity contribution in [3.05, 3.63) is 70.0 Å². The van der Waals surface area contributed by atoms with E-state index in [-0.39, 0.29) is 5.56 Å². The normalized spacial score (nSPS) is 18.5. The van der Waals surface area contributed by atoms with Gasteiger partial charge in [-0.2, -0.15) is 0 Å². The molecule has 0 spiro atoms. The van der Waals surface area contributed by atoms with Crippen molar-refractivity contribution in [3.8, 4) is 0 Å². The lowest BCUT2D eigenvalue weighted by Crippen LogP contribution is -2.26. The lowest BCUT2D eigenvalue weighted by Gasteiger charge is -2.24. The molecule has 0 aliphatic carbocycles. The number of likely N-dealkylation sites (tertiary alicyclic amines) is 1. The Morgan fingerprint density at radius 1 is 1.29 bits per heavy atom. The minimum Gasteiger partial charge on any atom is -0.353 e. The quantitative estimate of drug-likeness (QED) is 0.744. The van der Waals surface area contributed by atoms with E-state index in [0.717, 1.165) is 36.4 Å². The van der Waals surface area contributed by atoms with Crippen LogP contribution >= 0.6 is 0 Å². The zero-order valence-electron chi connectivity index (χ0n) is 14.1. The predicted octanol–water partition coefficient (Wildman–Crippen LogP) is 2.68. The summed E-state index contributed by atoms with van der Waals surface area (Å²) in [6, 6.07) is 10.3. The smallest absolute Gasteiger partial charge is 0.258 e. The van der Waals surface area contributed by atoms with Crippen LogP contribution in [0.15, 0.2) is 47.5 Å². The number of hydrogen-bond donors (Lipinski definition) is 0. The third-order valence-corrected chi connectivity index (χ3v) is 4.91. The van der Waals surface area contributed by atoms with Gasteiger partial charge in [-0.05, 0) is 50.1 Å². The molecular formula is C19H22N4O. The van der Waals surface area contributed by atoms with Crippen LogP contribution < -0.4 is 5.56 Å². The molecule has 4 rings (SSSR count). The molecular weight excluding hydrogens is 300 g/mol. The molecule has 1 saturated heterocycles. The first-order valence-electron chi connectivity index (χ1n) is 8.46. The summed E-state index contributed by atoms with van der Waals surface area (Å²) < 4.78 is 3.81. The maximum Gasteiger partial charge on any atom is 0.258 e. The Morgan fingerprint density at radius 3 is 2.96 bits per heavy atom. The monoisotopic (exact) mass is 322 g/mol. The van der Waals surface area contributed by atoms with Crippen molar-refractivity contribution in [1.29, 1.82) is 0 Å². The van der Waals surface area contributed by atoms with Crippen LogP contribution in [0.3, 0.4) is 0 Å². The first-order chi connectivity index (χ1) is 11.6. The van der Waals surface area contributed by atoms with Gasteiger partial charge < -0.3 is 4.57 Å². The Labute approximate surface area is 141 Å². The Kier molecular flexibility index (Phi) is 3.73. The van der Waals surface area contributed by atoms with E-state index < -0.39 is 0 Å². The van der Waals surface area contributed by atoms with E-state index in [0.29, 0.717) is 6.04 Å². The van der Waals surface area contributed by atoms with E-state index in [4.69, 9.17) is 4.98 Å².